The molecule has 2 aromatic carbocycles. The molecular formula is C38H54N8O12S. The number of nitrogens with two attached hydrogens (primary N) is 3. The first-order valence-corrected chi connectivity index (χ1v) is 20.1. The Labute approximate surface area is 344 Å². The molecule has 6 atom stereocenters. The number of nitrogens with one attached hydrogen (secondary N) is 5. The summed E-state index contributed by atoms with van der Waals surface area (Å²) in [5.41, 5.74) is 17.6. The number of hydrogen-bond donors (Lipinski definition) is 12. The second-order valence-corrected chi connectivity index (χ2v) is 14.6. The largest absolute Gasteiger partial charge is 0.508 e. The minimum absolute atomic E-state index is 0.0456. The number of carbonyl (C=O) groups is 8. The van der Waals surface area contributed by atoms with Gasteiger partial charge in [-0.1, -0.05) is 24.3 Å². The Balaban J connectivity index is 2.47. The van der Waals surface area contributed by atoms with E-state index in [0.717, 1.165) is 0 Å². The fourth-order valence-electron chi connectivity index (χ4n) is 5.61. The number of hydrogen-bond acceptors (Lipinski definition) is 13. The molecule has 0 radical (unpaired) electrons. The molecule has 59 heavy (non-hydrogen) atoms. The predicted octanol–water partition coefficient (Wildman–Crippen LogP) is -1.66. The average molecular weight is 847 g/mol. The van der Waals surface area contributed by atoms with Crippen molar-refractivity contribution >= 4 is 59.1 Å². The van der Waals surface area contributed by atoms with Crippen LogP contribution < -0.4 is 43.8 Å². The number of aliphatic carboxylic acids is 2. The van der Waals surface area contributed by atoms with Gasteiger partial charge >= 0.3 is 11.9 Å². The Morgan fingerprint density at radius 2 is 1.03 bits per heavy atom. The first kappa shape index (κ1) is 49.2. The van der Waals surface area contributed by atoms with Crippen LogP contribution in [0.3, 0.4) is 0 Å². The van der Waals surface area contributed by atoms with Crippen LogP contribution in [0.1, 0.15) is 56.1 Å². The number of carboxylic acids is 2. The standard InChI is InChI=1S/C38H54N8O12S/c1-59-17-15-28(38(57)58)44-34(53)26(4-2-3-16-39)42-35(54)27(13-14-31(41)49)43-36(55)30(19-22-7-11-24(48)12-8-22)46-37(56)29(18-21-5-9-23(47)10-6-21)45-33(52)25(40)20-32(50)51/h5-12,25-30,47-48H,2-4,13-20,39-40H2,1H3,(H2,41,49)(H,42,54)(H,43,55)(H,44,53)(H,45,52)(H,46,56)(H,50,51)(H,57,58)/t25-,26-,27-,28-,29-,30-/m0/s1. The Morgan fingerprint density at radius 1 is 0.610 bits per heavy atom. The highest BCUT2D eigenvalue weighted by atomic mass is 32.2. The minimum Gasteiger partial charge on any atom is -0.508 e. The zero-order chi connectivity index (χ0) is 44.1. The van der Waals surface area contributed by atoms with E-state index in [9.17, 15) is 53.7 Å². The van der Waals surface area contributed by atoms with Gasteiger partial charge in [0.2, 0.25) is 35.4 Å². The van der Waals surface area contributed by atoms with Crippen LogP contribution in [-0.4, -0.2) is 123 Å². The molecule has 6 amide bonds. The first-order chi connectivity index (χ1) is 27.9. The van der Waals surface area contributed by atoms with Crippen molar-refractivity contribution in [3.8, 4) is 11.5 Å². The van der Waals surface area contributed by atoms with Crippen molar-refractivity contribution in [1.82, 2.24) is 26.6 Å². The number of phenolic OH excluding ortho intramolecular Hbond substituents is 2. The highest BCUT2D eigenvalue weighted by Gasteiger charge is 2.33. The van der Waals surface area contributed by atoms with Gasteiger partial charge in [0.25, 0.3) is 0 Å². The van der Waals surface area contributed by atoms with Gasteiger partial charge in [0.1, 0.15) is 41.7 Å². The zero-order valence-corrected chi connectivity index (χ0v) is 33.4. The van der Waals surface area contributed by atoms with Crippen LogP contribution in [0, 0.1) is 0 Å². The molecule has 0 aliphatic heterocycles. The molecule has 0 heterocycles. The summed E-state index contributed by atoms with van der Waals surface area (Å²) >= 11 is 1.38. The van der Waals surface area contributed by atoms with Crippen LogP contribution in [0.15, 0.2) is 48.5 Å². The lowest BCUT2D eigenvalue weighted by Gasteiger charge is -2.27. The van der Waals surface area contributed by atoms with Gasteiger partial charge in [0.05, 0.1) is 12.5 Å². The van der Waals surface area contributed by atoms with E-state index in [1.54, 1.807) is 6.26 Å². The molecule has 20 nitrogen and oxygen atoms in total. The maximum absolute atomic E-state index is 14.1. The van der Waals surface area contributed by atoms with E-state index in [2.05, 4.69) is 26.6 Å². The van der Waals surface area contributed by atoms with Crippen LogP contribution in [0.5, 0.6) is 11.5 Å². The molecule has 2 aromatic rings. The average Bonchev–Trinajstić information content (AvgIpc) is 3.17. The second kappa shape index (κ2) is 25.4. The Morgan fingerprint density at radius 3 is 1.46 bits per heavy atom. The molecule has 0 spiro atoms. The molecule has 0 bridgehead atoms. The summed E-state index contributed by atoms with van der Waals surface area (Å²) in [7, 11) is 0. The lowest BCUT2D eigenvalue weighted by molar-refractivity contribution is -0.142. The van der Waals surface area contributed by atoms with Crippen molar-refractivity contribution < 1.29 is 58.8 Å². The monoisotopic (exact) mass is 846 g/mol. The fourth-order valence-corrected chi connectivity index (χ4v) is 6.08. The summed E-state index contributed by atoms with van der Waals surface area (Å²) in [6, 6.07) is 2.66. The molecule has 0 unspecified atom stereocenters. The third-order valence-corrected chi connectivity index (χ3v) is 9.51. The topological polar surface area (TPSA) is 356 Å². The van der Waals surface area contributed by atoms with Gasteiger partial charge in [0, 0.05) is 19.3 Å². The van der Waals surface area contributed by atoms with Crippen LogP contribution in [0.2, 0.25) is 0 Å². The summed E-state index contributed by atoms with van der Waals surface area (Å²) in [5, 5.41) is 50.9. The molecule has 0 saturated heterocycles. The normalized spacial score (nSPS) is 13.9. The van der Waals surface area contributed by atoms with Crippen molar-refractivity contribution in [2.24, 2.45) is 17.2 Å². The number of aromatic hydroxyl groups is 2. The Hall–Kier alpha value is -5.93. The van der Waals surface area contributed by atoms with Crippen molar-refractivity contribution in [2.45, 2.75) is 94.0 Å². The molecular weight excluding hydrogens is 793 g/mol. The number of amides is 6. The molecule has 2 rings (SSSR count). The third kappa shape index (κ3) is 18.5. The Bertz CT molecular complexity index is 1750. The zero-order valence-electron chi connectivity index (χ0n) is 32.6. The van der Waals surface area contributed by atoms with E-state index < -0.39 is 96.5 Å². The first-order valence-electron chi connectivity index (χ1n) is 18.7. The number of carboxylic acid groups (broad SMARTS) is 2. The van der Waals surface area contributed by atoms with E-state index in [0.29, 0.717) is 29.7 Å². The molecule has 0 aromatic heterocycles. The van der Waals surface area contributed by atoms with Crippen molar-refractivity contribution in [3.63, 3.8) is 0 Å². The van der Waals surface area contributed by atoms with Gasteiger partial charge in [0.15, 0.2) is 0 Å². The van der Waals surface area contributed by atoms with E-state index in [1.807, 2.05) is 0 Å². The number of primary amides is 1. The van der Waals surface area contributed by atoms with Gasteiger partial charge in [-0.15, -0.1) is 0 Å². The van der Waals surface area contributed by atoms with Crippen molar-refractivity contribution in [1.29, 1.82) is 0 Å². The summed E-state index contributed by atoms with van der Waals surface area (Å²) in [6.45, 7) is 0.272. The number of rotatable bonds is 27. The molecule has 324 valence electrons. The molecule has 21 heteroatoms. The predicted molar refractivity (Wildman–Crippen MR) is 215 cm³/mol. The minimum atomic E-state index is -1.55. The van der Waals surface area contributed by atoms with Crippen LogP contribution in [0.25, 0.3) is 0 Å². The number of carbonyl (C=O) groups excluding carboxylic acids is 6. The molecule has 0 fully saturated rings. The maximum atomic E-state index is 14.1. The van der Waals surface area contributed by atoms with Gasteiger partial charge < -0.3 is 64.2 Å². The molecule has 15 N–H and O–H groups in total. The van der Waals surface area contributed by atoms with Crippen molar-refractivity contribution in [2.75, 3.05) is 18.6 Å². The summed E-state index contributed by atoms with van der Waals surface area (Å²) in [4.78, 5) is 103. The SMILES string of the molecule is CSCC[C@H](NC(=O)[C@H](CCCCN)NC(=O)[C@H](CCC(N)=O)NC(=O)[C@H](Cc1ccc(O)cc1)NC(=O)[C@H](Cc1ccc(O)cc1)NC(=O)[C@@H](N)CC(=O)O)C(=O)O. The highest BCUT2D eigenvalue weighted by Crippen LogP contribution is 2.15. The number of phenols is 2. The smallest absolute Gasteiger partial charge is 0.326 e. The maximum Gasteiger partial charge on any atom is 0.326 e. The van der Waals surface area contributed by atoms with Gasteiger partial charge in [-0.3, -0.25) is 33.6 Å². The van der Waals surface area contributed by atoms with Gasteiger partial charge in [-0.05, 0) is 86.0 Å². The Kier molecular flexibility index (Phi) is 21.2. The second-order valence-electron chi connectivity index (χ2n) is 13.7. The lowest BCUT2D eigenvalue weighted by atomic mass is 10.0. The van der Waals surface area contributed by atoms with E-state index >= 15 is 0 Å². The summed E-state index contributed by atoms with van der Waals surface area (Å²) in [6.07, 6.45) is 0.796. The van der Waals surface area contributed by atoms with Gasteiger partial charge in [-0.2, -0.15) is 11.8 Å². The fraction of sp³-hybridized carbons (Fsp3) is 0.474. The van der Waals surface area contributed by atoms with Crippen LogP contribution in [0.4, 0.5) is 0 Å². The summed E-state index contributed by atoms with van der Waals surface area (Å²) in [5.74, 6) is -7.83. The molecule has 0 saturated carbocycles. The number of benzene rings is 2. The molecule has 0 aliphatic rings. The van der Waals surface area contributed by atoms with E-state index in [-0.39, 0.29) is 50.1 Å². The van der Waals surface area contributed by atoms with E-state index in [4.69, 9.17) is 22.3 Å². The third-order valence-electron chi connectivity index (χ3n) is 8.87. The van der Waals surface area contributed by atoms with E-state index in [1.165, 1.54) is 60.3 Å². The van der Waals surface area contributed by atoms with Gasteiger partial charge in [-0.25, -0.2) is 4.79 Å². The summed E-state index contributed by atoms with van der Waals surface area (Å²) < 4.78 is 0. The lowest BCUT2D eigenvalue weighted by Crippen LogP contribution is -2.60. The van der Waals surface area contributed by atoms with Crippen LogP contribution in [-0.2, 0) is 51.2 Å². The molecule has 0 aliphatic carbocycles. The highest BCUT2D eigenvalue weighted by molar-refractivity contribution is 7.98. The quantitative estimate of drug-likeness (QED) is 0.0448. The van der Waals surface area contributed by atoms with Crippen LogP contribution >= 0.6 is 11.8 Å². The number of unbranched alkanes of at least 4 members (excludes halogenated alkanes) is 1. The number of thioether (sulfide) groups is 1. The van der Waals surface area contributed by atoms with Crippen molar-refractivity contribution in [3.05, 3.63) is 59.7 Å².